The predicted molar refractivity (Wildman–Crippen MR) is 68.0 cm³/mol. The molecule has 0 aliphatic rings. The molecule has 0 aliphatic heterocycles. The lowest BCUT2D eigenvalue weighted by molar-refractivity contribution is 0.454. The van der Waals surface area contributed by atoms with Crippen LogP contribution in [-0.4, -0.2) is 31.3 Å². The van der Waals surface area contributed by atoms with Crippen LogP contribution in [0.5, 0.6) is 0 Å². The molecule has 0 aliphatic carbocycles. The van der Waals surface area contributed by atoms with Gasteiger partial charge in [0.05, 0.1) is 4.90 Å². The molecule has 0 amide bonds. The van der Waals surface area contributed by atoms with Gasteiger partial charge in [-0.15, -0.1) is 0 Å². The van der Waals surface area contributed by atoms with Crippen molar-refractivity contribution in [2.75, 3.05) is 13.6 Å². The second-order valence-corrected chi connectivity index (χ2v) is 6.14. The van der Waals surface area contributed by atoms with E-state index in [1.807, 2.05) is 0 Å². The van der Waals surface area contributed by atoms with Crippen LogP contribution in [0.1, 0.15) is 31.9 Å². The third kappa shape index (κ3) is 3.55. The number of hydrogen-bond acceptors (Lipinski definition) is 3. The Morgan fingerprint density at radius 2 is 2.12 bits per heavy atom. The molecule has 3 N–H and O–H groups in total. The van der Waals surface area contributed by atoms with Crippen LogP contribution >= 0.6 is 0 Å². The zero-order valence-electron chi connectivity index (χ0n) is 10.4. The molecule has 0 aromatic carbocycles. The first-order valence-corrected chi connectivity index (χ1v) is 7.30. The van der Waals surface area contributed by atoms with Crippen molar-refractivity contribution >= 4 is 10.0 Å². The third-order valence-corrected chi connectivity index (χ3v) is 4.56. The SMILES string of the molecule is CCCCCN(C)S(=O)(=O)c1c[nH]c(CN)c1. The van der Waals surface area contributed by atoms with Crippen LogP contribution < -0.4 is 5.73 Å². The number of H-pyrrole nitrogens is 1. The van der Waals surface area contributed by atoms with Crippen molar-refractivity contribution < 1.29 is 8.42 Å². The summed E-state index contributed by atoms with van der Waals surface area (Å²) in [5.41, 5.74) is 6.17. The van der Waals surface area contributed by atoms with Crippen LogP contribution in [0.3, 0.4) is 0 Å². The highest BCUT2D eigenvalue weighted by Crippen LogP contribution is 2.15. The first kappa shape index (κ1) is 14.2. The standard InChI is InChI=1S/C11H21N3O2S/c1-3-4-5-6-14(2)17(15,16)11-7-10(8-12)13-9-11/h7,9,13H,3-6,8,12H2,1-2H3. The summed E-state index contributed by atoms with van der Waals surface area (Å²) in [6.07, 6.45) is 4.50. The molecule has 1 heterocycles. The minimum atomic E-state index is -3.36. The summed E-state index contributed by atoms with van der Waals surface area (Å²) in [5.74, 6) is 0. The molecule has 1 aromatic heterocycles. The number of aromatic amines is 1. The van der Waals surface area contributed by atoms with E-state index >= 15 is 0 Å². The average Bonchev–Trinajstić information content (AvgIpc) is 2.78. The summed E-state index contributed by atoms with van der Waals surface area (Å²) >= 11 is 0. The minimum Gasteiger partial charge on any atom is -0.363 e. The van der Waals surface area contributed by atoms with Gasteiger partial charge >= 0.3 is 0 Å². The Kier molecular flexibility index (Phi) is 5.17. The Labute approximate surface area is 103 Å². The molecular formula is C11H21N3O2S. The second kappa shape index (κ2) is 6.18. The van der Waals surface area contributed by atoms with Crippen LogP contribution in [-0.2, 0) is 16.6 Å². The van der Waals surface area contributed by atoms with Gasteiger partial charge in [-0.3, -0.25) is 0 Å². The Morgan fingerprint density at radius 1 is 1.41 bits per heavy atom. The topological polar surface area (TPSA) is 79.2 Å². The Hall–Kier alpha value is -0.850. The lowest BCUT2D eigenvalue weighted by Crippen LogP contribution is -2.27. The molecule has 0 radical (unpaired) electrons. The first-order valence-electron chi connectivity index (χ1n) is 5.86. The zero-order chi connectivity index (χ0) is 12.9. The van der Waals surface area contributed by atoms with Crippen molar-refractivity contribution in [3.8, 4) is 0 Å². The molecule has 0 fully saturated rings. The van der Waals surface area contributed by atoms with E-state index < -0.39 is 10.0 Å². The van der Waals surface area contributed by atoms with Gasteiger partial charge in [-0.2, -0.15) is 0 Å². The number of hydrogen-bond donors (Lipinski definition) is 2. The number of nitrogens with zero attached hydrogens (tertiary/aromatic N) is 1. The van der Waals surface area contributed by atoms with E-state index in [1.165, 1.54) is 10.5 Å². The Bertz CT molecular complexity index is 439. The lowest BCUT2D eigenvalue weighted by atomic mass is 10.2. The van der Waals surface area contributed by atoms with Gasteiger partial charge in [-0.05, 0) is 12.5 Å². The number of aromatic nitrogens is 1. The highest BCUT2D eigenvalue weighted by molar-refractivity contribution is 7.89. The highest BCUT2D eigenvalue weighted by atomic mass is 32.2. The maximum absolute atomic E-state index is 12.1. The van der Waals surface area contributed by atoms with Gasteiger partial charge in [-0.25, -0.2) is 12.7 Å². The van der Waals surface area contributed by atoms with Crippen molar-refractivity contribution in [2.45, 2.75) is 37.6 Å². The van der Waals surface area contributed by atoms with E-state index in [2.05, 4.69) is 11.9 Å². The molecule has 6 heteroatoms. The smallest absolute Gasteiger partial charge is 0.244 e. The van der Waals surface area contributed by atoms with Gasteiger partial charge in [0.2, 0.25) is 10.0 Å². The van der Waals surface area contributed by atoms with Gasteiger partial charge in [0.15, 0.2) is 0 Å². The maximum Gasteiger partial charge on any atom is 0.244 e. The number of nitrogens with two attached hydrogens (primary N) is 1. The van der Waals surface area contributed by atoms with Crippen molar-refractivity contribution in [3.63, 3.8) is 0 Å². The summed E-state index contributed by atoms with van der Waals surface area (Å²) in [5, 5.41) is 0. The van der Waals surface area contributed by atoms with Crippen LogP contribution in [0.4, 0.5) is 0 Å². The van der Waals surface area contributed by atoms with Crippen LogP contribution in [0.15, 0.2) is 17.2 Å². The molecule has 1 aromatic rings. The monoisotopic (exact) mass is 259 g/mol. The normalized spacial score (nSPS) is 12.2. The van der Waals surface area contributed by atoms with Crippen molar-refractivity contribution in [1.82, 2.24) is 9.29 Å². The summed E-state index contributed by atoms with van der Waals surface area (Å²) in [4.78, 5) is 3.14. The van der Waals surface area contributed by atoms with E-state index in [1.54, 1.807) is 13.1 Å². The van der Waals surface area contributed by atoms with Gasteiger partial charge in [0.1, 0.15) is 0 Å². The molecule has 5 nitrogen and oxygen atoms in total. The van der Waals surface area contributed by atoms with Crippen molar-refractivity contribution in [2.24, 2.45) is 5.73 Å². The Morgan fingerprint density at radius 3 is 2.65 bits per heavy atom. The van der Waals surface area contributed by atoms with E-state index in [9.17, 15) is 8.42 Å². The molecule has 0 saturated carbocycles. The molecule has 1 rings (SSSR count). The van der Waals surface area contributed by atoms with Crippen molar-refractivity contribution in [1.29, 1.82) is 0 Å². The quantitative estimate of drug-likeness (QED) is 0.724. The molecule has 0 unspecified atom stereocenters. The van der Waals surface area contributed by atoms with Gasteiger partial charge in [-0.1, -0.05) is 19.8 Å². The zero-order valence-corrected chi connectivity index (χ0v) is 11.3. The summed E-state index contributed by atoms with van der Waals surface area (Å²) in [6, 6.07) is 1.59. The Balaban J connectivity index is 2.73. The molecule has 0 bridgehead atoms. The highest BCUT2D eigenvalue weighted by Gasteiger charge is 2.21. The van der Waals surface area contributed by atoms with Gasteiger partial charge < -0.3 is 10.7 Å². The van der Waals surface area contributed by atoms with Crippen molar-refractivity contribution in [3.05, 3.63) is 18.0 Å². The van der Waals surface area contributed by atoms with Gasteiger partial charge in [0, 0.05) is 32.0 Å². The largest absolute Gasteiger partial charge is 0.363 e. The summed E-state index contributed by atoms with van der Waals surface area (Å²) < 4.78 is 25.6. The van der Waals surface area contributed by atoms with E-state index in [4.69, 9.17) is 5.73 Å². The number of rotatable bonds is 7. The van der Waals surface area contributed by atoms with Crippen LogP contribution in [0.25, 0.3) is 0 Å². The molecule has 0 spiro atoms. The van der Waals surface area contributed by atoms with E-state index in [0.29, 0.717) is 13.1 Å². The summed E-state index contributed by atoms with van der Waals surface area (Å²) in [6.45, 7) is 2.96. The first-order chi connectivity index (χ1) is 8.02. The molecular weight excluding hydrogens is 238 g/mol. The fourth-order valence-corrected chi connectivity index (χ4v) is 2.80. The number of sulfonamides is 1. The molecule has 98 valence electrons. The fourth-order valence-electron chi connectivity index (χ4n) is 1.57. The fraction of sp³-hybridized carbons (Fsp3) is 0.636. The maximum atomic E-state index is 12.1. The number of nitrogens with one attached hydrogen (secondary N) is 1. The minimum absolute atomic E-state index is 0.289. The second-order valence-electron chi connectivity index (χ2n) is 4.10. The average molecular weight is 259 g/mol. The molecule has 0 atom stereocenters. The predicted octanol–water partition coefficient (Wildman–Crippen LogP) is 1.28. The third-order valence-electron chi connectivity index (χ3n) is 2.72. The van der Waals surface area contributed by atoms with Crippen LogP contribution in [0, 0.1) is 0 Å². The van der Waals surface area contributed by atoms with E-state index in [-0.39, 0.29) is 4.90 Å². The number of unbranched alkanes of at least 4 members (excludes halogenated alkanes) is 2. The molecule has 0 saturated heterocycles. The summed E-state index contributed by atoms with van der Waals surface area (Å²) in [7, 11) is -1.75. The lowest BCUT2D eigenvalue weighted by Gasteiger charge is -2.15. The van der Waals surface area contributed by atoms with Gasteiger partial charge in [0.25, 0.3) is 0 Å². The molecule has 17 heavy (non-hydrogen) atoms. The van der Waals surface area contributed by atoms with Crippen LogP contribution in [0.2, 0.25) is 0 Å². The van der Waals surface area contributed by atoms with E-state index in [0.717, 1.165) is 25.0 Å².